The van der Waals surface area contributed by atoms with E-state index in [1.165, 1.54) is 16.7 Å². The van der Waals surface area contributed by atoms with Crippen LogP contribution in [0.1, 0.15) is 30.0 Å². The summed E-state index contributed by atoms with van der Waals surface area (Å²) < 4.78 is 0. The van der Waals surface area contributed by atoms with Crippen LogP contribution < -0.4 is 5.32 Å². The molecule has 1 atom stereocenters. The lowest BCUT2D eigenvalue weighted by atomic mass is 9.98. The highest BCUT2D eigenvalue weighted by Gasteiger charge is 2.09. The Kier molecular flexibility index (Phi) is 6.28. The number of aryl methyl sites for hydroxylation is 2. The monoisotopic (exact) mass is 301 g/mol. The van der Waals surface area contributed by atoms with Gasteiger partial charge in [-0.15, -0.1) is 0 Å². The van der Waals surface area contributed by atoms with E-state index in [9.17, 15) is 0 Å². The second kappa shape index (κ2) is 8.21. The van der Waals surface area contributed by atoms with Crippen molar-refractivity contribution in [3.05, 3.63) is 70.2 Å². The third kappa shape index (κ3) is 5.53. The van der Waals surface area contributed by atoms with Crippen LogP contribution in [0.5, 0.6) is 0 Å². The third-order valence-electron chi connectivity index (χ3n) is 3.79. The van der Waals surface area contributed by atoms with Gasteiger partial charge in [0.05, 0.1) is 0 Å². The maximum absolute atomic E-state index is 5.95. The summed E-state index contributed by atoms with van der Waals surface area (Å²) in [6.07, 6.45) is 3.32. The van der Waals surface area contributed by atoms with Gasteiger partial charge in [-0.25, -0.2) is 0 Å². The van der Waals surface area contributed by atoms with Crippen LogP contribution in [0.2, 0.25) is 5.02 Å². The van der Waals surface area contributed by atoms with E-state index < -0.39 is 0 Å². The molecule has 2 aromatic carbocycles. The second-order valence-corrected chi connectivity index (χ2v) is 6.05. The minimum Gasteiger partial charge on any atom is -0.314 e. The normalized spacial score (nSPS) is 12.3. The Hall–Kier alpha value is -1.31. The van der Waals surface area contributed by atoms with Gasteiger partial charge in [-0.05, 0) is 56.0 Å². The van der Waals surface area contributed by atoms with Crippen LogP contribution in [0.25, 0.3) is 0 Å². The zero-order valence-corrected chi connectivity index (χ0v) is 13.7. The number of rotatable bonds is 7. The minimum absolute atomic E-state index is 0.512. The average Bonchev–Trinajstić information content (AvgIpc) is 2.49. The first-order chi connectivity index (χ1) is 10.2. The smallest absolute Gasteiger partial charge is 0.0406 e. The summed E-state index contributed by atoms with van der Waals surface area (Å²) in [5.41, 5.74) is 4.08. The van der Waals surface area contributed by atoms with Crippen LogP contribution in [-0.4, -0.2) is 12.6 Å². The van der Waals surface area contributed by atoms with Crippen molar-refractivity contribution in [2.45, 2.75) is 39.2 Å². The molecule has 21 heavy (non-hydrogen) atoms. The molecule has 0 aliphatic rings. The number of likely N-dealkylation sites (N-methyl/N-ethyl adjacent to an activating group) is 1. The highest BCUT2D eigenvalue weighted by atomic mass is 35.5. The summed E-state index contributed by atoms with van der Waals surface area (Å²) in [5, 5.41) is 4.40. The Morgan fingerprint density at radius 1 is 0.952 bits per heavy atom. The topological polar surface area (TPSA) is 12.0 Å². The molecule has 0 bridgehead atoms. The average molecular weight is 302 g/mol. The number of hydrogen-bond acceptors (Lipinski definition) is 1. The van der Waals surface area contributed by atoms with Crippen molar-refractivity contribution in [3.8, 4) is 0 Å². The molecule has 0 aliphatic carbocycles. The molecule has 1 unspecified atom stereocenters. The van der Waals surface area contributed by atoms with Gasteiger partial charge in [0.2, 0.25) is 0 Å². The Balaban J connectivity index is 1.92. The summed E-state index contributed by atoms with van der Waals surface area (Å²) in [5.74, 6) is 0. The van der Waals surface area contributed by atoms with Crippen LogP contribution >= 0.6 is 11.6 Å². The SMILES string of the molecule is CCNC(CCc1ccc(C)cc1)Cc1ccc(Cl)cc1. The predicted molar refractivity (Wildman–Crippen MR) is 92.1 cm³/mol. The van der Waals surface area contributed by atoms with Gasteiger partial charge in [0.1, 0.15) is 0 Å². The zero-order chi connectivity index (χ0) is 15.1. The second-order valence-electron chi connectivity index (χ2n) is 5.61. The third-order valence-corrected chi connectivity index (χ3v) is 4.04. The van der Waals surface area contributed by atoms with E-state index in [0.29, 0.717) is 6.04 Å². The van der Waals surface area contributed by atoms with Gasteiger partial charge in [0.25, 0.3) is 0 Å². The van der Waals surface area contributed by atoms with Crippen molar-refractivity contribution in [2.75, 3.05) is 6.54 Å². The molecule has 2 heteroatoms. The molecular formula is C19H24ClN. The van der Waals surface area contributed by atoms with E-state index in [0.717, 1.165) is 30.8 Å². The van der Waals surface area contributed by atoms with Crippen molar-refractivity contribution in [2.24, 2.45) is 0 Å². The Bertz CT molecular complexity index is 530. The van der Waals surface area contributed by atoms with Crippen LogP contribution in [0, 0.1) is 6.92 Å². The van der Waals surface area contributed by atoms with Crippen LogP contribution in [-0.2, 0) is 12.8 Å². The summed E-state index contributed by atoms with van der Waals surface area (Å²) in [6.45, 7) is 5.30. The lowest BCUT2D eigenvalue weighted by Gasteiger charge is -2.18. The molecule has 2 rings (SSSR count). The molecule has 0 saturated heterocycles. The lowest BCUT2D eigenvalue weighted by molar-refractivity contribution is 0.491. The molecule has 1 nitrogen and oxygen atoms in total. The molecule has 0 spiro atoms. The summed E-state index contributed by atoms with van der Waals surface area (Å²) in [7, 11) is 0. The first-order valence-corrected chi connectivity index (χ1v) is 8.08. The van der Waals surface area contributed by atoms with E-state index in [2.05, 4.69) is 55.6 Å². The predicted octanol–water partition coefficient (Wildman–Crippen LogP) is 4.80. The molecule has 0 amide bonds. The van der Waals surface area contributed by atoms with Crippen LogP contribution in [0.4, 0.5) is 0 Å². The first kappa shape index (κ1) is 16.1. The first-order valence-electron chi connectivity index (χ1n) is 7.70. The van der Waals surface area contributed by atoms with Gasteiger partial charge in [0, 0.05) is 11.1 Å². The van der Waals surface area contributed by atoms with Gasteiger partial charge >= 0.3 is 0 Å². The van der Waals surface area contributed by atoms with E-state index in [1.807, 2.05) is 12.1 Å². The molecule has 1 N–H and O–H groups in total. The molecule has 0 saturated carbocycles. The van der Waals surface area contributed by atoms with Crippen molar-refractivity contribution in [1.29, 1.82) is 0 Å². The maximum Gasteiger partial charge on any atom is 0.0406 e. The highest BCUT2D eigenvalue weighted by Crippen LogP contribution is 2.14. The van der Waals surface area contributed by atoms with Gasteiger partial charge in [-0.1, -0.05) is 60.5 Å². The molecule has 0 fully saturated rings. The maximum atomic E-state index is 5.95. The Labute approximate surface area is 133 Å². The van der Waals surface area contributed by atoms with Crippen molar-refractivity contribution < 1.29 is 0 Å². The minimum atomic E-state index is 0.512. The van der Waals surface area contributed by atoms with Gasteiger partial charge in [-0.3, -0.25) is 0 Å². The molecule has 0 aromatic heterocycles. The Morgan fingerprint density at radius 2 is 1.57 bits per heavy atom. The number of nitrogens with one attached hydrogen (secondary N) is 1. The van der Waals surface area contributed by atoms with E-state index in [1.54, 1.807) is 0 Å². The van der Waals surface area contributed by atoms with E-state index >= 15 is 0 Å². The largest absolute Gasteiger partial charge is 0.314 e. The molecule has 0 heterocycles. The van der Waals surface area contributed by atoms with E-state index in [4.69, 9.17) is 11.6 Å². The fourth-order valence-corrected chi connectivity index (χ4v) is 2.69. The molecule has 0 aliphatic heterocycles. The van der Waals surface area contributed by atoms with Crippen LogP contribution in [0.15, 0.2) is 48.5 Å². The quantitative estimate of drug-likeness (QED) is 0.774. The Morgan fingerprint density at radius 3 is 2.19 bits per heavy atom. The van der Waals surface area contributed by atoms with Crippen LogP contribution in [0.3, 0.4) is 0 Å². The van der Waals surface area contributed by atoms with Gasteiger partial charge in [0.15, 0.2) is 0 Å². The molecule has 0 radical (unpaired) electrons. The standard InChI is InChI=1S/C19H24ClN/c1-3-21-19(14-17-8-11-18(20)12-9-17)13-10-16-6-4-15(2)5-7-16/h4-9,11-12,19,21H,3,10,13-14H2,1-2H3. The fourth-order valence-electron chi connectivity index (χ4n) is 2.57. The van der Waals surface area contributed by atoms with E-state index in [-0.39, 0.29) is 0 Å². The van der Waals surface area contributed by atoms with Crippen molar-refractivity contribution >= 4 is 11.6 Å². The number of hydrogen-bond donors (Lipinski definition) is 1. The number of benzene rings is 2. The lowest BCUT2D eigenvalue weighted by Crippen LogP contribution is -2.31. The molecule has 2 aromatic rings. The summed E-state index contributed by atoms with van der Waals surface area (Å²) in [6, 6.07) is 17.6. The van der Waals surface area contributed by atoms with Crippen molar-refractivity contribution in [1.82, 2.24) is 5.32 Å². The highest BCUT2D eigenvalue weighted by molar-refractivity contribution is 6.30. The summed E-state index contributed by atoms with van der Waals surface area (Å²) in [4.78, 5) is 0. The summed E-state index contributed by atoms with van der Waals surface area (Å²) >= 11 is 5.95. The molecule has 112 valence electrons. The van der Waals surface area contributed by atoms with Gasteiger partial charge < -0.3 is 5.32 Å². The van der Waals surface area contributed by atoms with Gasteiger partial charge in [-0.2, -0.15) is 0 Å². The number of halogens is 1. The fraction of sp³-hybridized carbons (Fsp3) is 0.368. The zero-order valence-electron chi connectivity index (χ0n) is 12.9. The molecular weight excluding hydrogens is 278 g/mol. The van der Waals surface area contributed by atoms with Crippen molar-refractivity contribution in [3.63, 3.8) is 0 Å².